The predicted octanol–water partition coefficient (Wildman–Crippen LogP) is 5.30. The van der Waals surface area contributed by atoms with Gasteiger partial charge < -0.3 is 15.4 Å². The normalized spacial score (nSPS) is 14.9. The number of ether oxygens (including phenoxy) is 1. The lowest BCUT2D eigenvalue weighted by Gasteiger charge is -2.17. The van der Waals surface area contributed by atoms with Gasteiger partial charge in [-0.15, -0.1) is 11.3 Å². The summed E-state index contributed by atoms with van der Waals surface area (Å²) < 4.78 is 36.5. The van der Waals surface area contributed by atoms with Gasteiger partial charge >= 0.3 is 0 Å². The molecule has 2 aliphatic rings. The van der Waals surface area contributed by atoms with Crippen LogP contribution in [0.4, 0.5) is 19.7 Å². The first-order valence-corrected chi connectivity index (χ1v) is 12.0. The molecule has 3 aromatic heterocycles. The number of pyridine rings is 1. The third-order valence-electron chi connectivity index (χ3n) is 6.12. The molecule has 34 heavy (non-hydrogen) atoms. The summed E-state index contributed by atoms with van der Waals surface area (Å²) >= 11 is 0.955. The number of nitrogens with two attached hydrogens (primary N) is 1. The Kier molecular flexibility index (Phi) is 5.75. The fourth-order valence-electron chi connectivity index (χ4n) is 4.61. The van der Waals surface area contributed by atoms with Gasteiger partial charge in [-0.05, 0) is 24.0 Å². The molecule has 1 saturated heterocycles. The minimum Gasteiger partial charge on any atom is -0.389 e. The lowest BCUT2D eigenvalue weighted by atomic mass is 9.94. The maximum Gasteiger partial charge on any atom is 0.225 e. The Morgan fingerprint density at radius 3 is 2.59 bits per heavy atom. The van der Waals surface area contributed by atoms with Crippen molar-refractivity contribution in [2.24, 2.45) is 0 Å². The number of thiophene rings is 1. The third-order valence-corrected chi connectivity index (χ3v) is 7.15. The number of nitrogen functional groups attached to an aromatic ring is 1. The molecule has 2 N–H and O–H groups in total. The molecule has 0 amide bonds. The Bertz CT molecular complexity index is 1470. The monoisotopic (exact) mass is 480 g/mol. The first kappa shape index (κ1) is 22.4. The van der Waals surface area contributed by atoms with Crippen molar-refractivity contribution in [1.29, 1.82) is 5.26 Å². The number of nitrogens with zero attached hydrogens (tertiary/aromatic N) is 5. The average Bonchev–Trinajstić information content (AvgIpc) is 3.62. The quantitative estimate of drug-likeness (QED) is 0.416. The van der Waals surface area contributed by atoms with Crippen molar-refractivity contribution in [3.8, 4) is 17.3 Å². The molecule has 0 saturated carbocycles. The fraction of sp³-hybridized carbons (Fsp3) is 0.333. The highest BCUT2D eigenvalue weighted by molar-refractivity contribution is 7.23. The Morgan fingerprint density at radius 2 is 1.85 bits per heavy atom. The zero-order valence-corrected chi connectivity index (χ0v) is 19.6. The summed E-state index contributed by atoms with van der Waals surface area (Å²) in [6.45, 7) is 6.11. The van der Waals surface area contributed by atoms with Gasteiger partial charge in [0, 0.05) is 35.6 Å². The summed E-state index contributed by atoms with van der Waals surface area (Å²) in [5.74, 6) is -0.704. The van der Waals surface area contributed by atoms with Crippen molar-refractivity contribution in [1.82, 2.24) is 15.0 Å². The minimum atomic E-state index is -0.602. The van der Waals surface area contributed by atoms with E-state index in [-0.39, 0.29) is 50.6 Å². The molecule has 4 aromatic rings. The van der Waals surface area contributed by atoms with Crippen LogP contribution in [-0.4, -0.2) is 28.0 Å². The number of fused-ring (bicyclic) bond motifs is 4. The summed E-state index contributed by atoms with van der Waals surface area (Å²) in [4.78, 5) is 15.3. The summed E-state index contributed by atoms with van der Waals surface area (Å²) in [7, 11) is 0. The molecular weight excluding hydrogens is 458 g/mol. The first-order chi connectivity index (χ1) is 16.6. The van der Waals surface area contributed by atoms with E-state index in [0.717, 1.165) is 49.0 Å². The molecule has 1 fully saturated rings. The SMILES string of the molecule is CC.N#Cc1c(N)sc2c(F)cnc(-c3c4c(c5cnc(N6CCCC6)nc5c3F)COC4)c12. The number of nitriles is 1. The second-order valence-corrected chi connectivity index (χ2v) is 8.93. The van der Waals surface area contributed by atoms with E-state index in [0.29, 0.717) is 16.9 Å². The van der Waals surface area contributed by atoms with Gasteiger partial charge in [0.2, 0.25) is 5.95 Å². The smallest absolute Gasteiger partial charge is 0.225 e. The Morgan fingerprint density at radius 1 is 1.12 bits per heavy atom. The van der Waals surface area contributed by atoms with Gasteiger partial charge in [0.1, 0.15) is 16.6 Å². The lowest BCUT2D eigenvalue weighted by molar-refractivity contribution is 0.135. The van der Waals surface area contributed by atoms with Crippen LogP contribution in [0.3, 0.4) is 0 Å². The molecule has 0 bridgehead atoms. The van der Waals surface area contributed by atoms with Crippen LogP contribution in [0.1, 0.15) is 43.4 Å². The second kappa shape index (κ2) is 8.74. The summed E-state index contributed by atoms with van der Waals surface area (Å²) in [6, 6.07) is 2.02. The minimum absolute atomic E-state index is 0.0969. The molecule has 0 unspecified atom stereocenters. The standard InChI is InChI=1S/C22H16F2N6OS.C2H6/c23-14-7-27-19(16-10(5-25)21(26)32-20(14)16)15-13-9-31-8-12(13)11-6-28-22(29-18(11)17(15)24)30-3-1-2-4-30;1-2/h6-7H,1-4,8-9,26H2;1-2H3. The zero-order chi connectivity index (χ0) is 24.0. The van der Waals surface area contributed by atoms with Crippen molar-refractivity contribution in [3.63, 3.8) is 0 Å². The van der Waals surface area contributed by atoms with E-state index in [1.807, 2.05) is 24.8 Å². The maximum absolute atomic E-state index is 16.1. The molecule has 7 nitrogen and oxygen atoms in total. The van der Waals surface area contributed by atoms with Crippen molar-refractivity contribution >= 4 is 43.3 Å². The Hall–Kier alpha value is -3.42. The molecular formula is C24H22F2N6OS. The molecule has 5 heterocycles. The van der Waals surface area contributed by atoms with Gasteiger partial charge in [-0.3, -0.25) is 4.98 Å². The average molecular weight is 481 g/mol. The van der Waals surface area contributed by atoms with Crippen molar-refractivity contribution in [2.75, 3.05) is 23.7 Å². The van der Waals surface area contributed by atoms with Crippen LogP contribution < -0.4 is 10.6 Å². The summed E-state index contributed by atoms with van der Waals surface area (Å²) in [5, 5.41) is 10.6. The van der Waals surface area contributed by atoms with Crippen LogP contribution in [0, 0.1) is 23.0 Å². The number of anilines is 2. The van der Waals surface area contributed by atoms with E-state index in [1.165, 1.54) is 0 Å². The van der Waals surface area contributed by atoms with E-state index in [4.69, 9.17) is 10.5 Å². The second-order valence-electron chi connectivity index (χ2n) is 7.88. The van der Waals surface area contributed by atoms with Crippen molar-refractivity contribution < 1.29 is 13.5 Å². The molecule has 0 radical (unpaired) electrons. The number of halogens is 2. The van der Waals surface area contributed by atoms with Crippen LogP contribution >= 0.6 is 11.3 Å². The topological polar surface area (TPSA) is 101 Å². The van der Waals surface area contributed by atoms with Crippen LogP contribution in [0.2, 0.25) is 0 Å². The van der Waals surface area contributed by atoms with Gasteiger partial charge in [-0.25, -0.2) is 18.7 Å². The Balaban J connectivity index is 0.00000117. The van der Waals surface area contributed by atoms with Crippen LogP contribution in [0.5, 0.6) is 0 Å². The molecule has 6 rings (SSSR count). The fourth-order valence-corrected chi connectivity index (χ4v) is 5.53. The van der Waals surface area contributed by atoms with Crippen LogP contribution in [0.15, 0.2) is 12.4 Å². The third kappa shape index (κ3) is 3.27. The van der Waals surface area contributed by atoms with E-state index in [1.54, 1.807) is 6.20 Å². The summed E-state index contributed by atoms with van der Waals surface area (Å²) in [5.41, 5.74) is 7.98. The van der Waals surface area contributed by atoms with Gasteiger partial charge in [0.15, 0.2) is 11.6 Å². The number of rotatable bonds is 2. The highest BCUT2D eigenvalue weighted by atomic mass is 32.1. The first-order valence-electron chi connectivity index (χ1n) is 11.2. The molecule has 174 valence electrons. The van der Waals surface area contributed by atoms with Gasteiger partial charge in [-0.2, -0.15) is 5.26 Å². The van der Waals surface area contributed by atoms with Gasteiger partial charge in [0.25, 0.3) is 0 Å². The van der Waals surface area contributed by atoms with E-state index in [9.17, 15) is 9.65 Å². The van der Waals surface area contributed by atoms with Crippen molar-refractivity contribution in [2.45, 2.75) is 39.9 Å². The number of benzene rings is 1. The number of hydrogen-bond acceptors (Lipinski definition) is 8. The predicted molar refractivity (Wildman–Crippen MR) is 128 cm³/mol. The number of hydrogen-bond donors (Lipinski definition) is 1. The largest absolute Gasteiger partial charge is 0.389 e. The highest BCUT2D eigenvalue weighted by Crippen LogP contribution is 2.45. The zero-order valence-electron chi connectivity index (χ0n) is 18.8. The van der Waals surface area contributed by atoms with Crippen molar-refractivity contribution in [3.05, 3.63) is 40.7 Å². The molecule has 0 aliphatic carbocycles. The highest BCUT2D eigenvalue weighted by Gasteiger charge is 2.30. The molecule has 0 spiro atoms. The van der Waals surface area contributed by atoms with E-state index >= 15 is 4.39 Å². The lowest BCUT2D eigenvalue weighted by Crippen LogP contribution is -2.20. The Labute approximate surface area is 198 Å². The van der Waals surface area contributed by atoms with E-state index < -0.39 is 11.6 Å². The van der Waals surface area contributed by atoms with E-state index in [2.05, 4.69) is 15.0 Å². The van der Waals surface area contributed by atoms with Gasteiger partial charge in [0.05, 0.1) is 35.4 Å². The van der Waals surface area contributed by atoms with Crippen LogP contribution in [-0.2, 0) is 18.0 Å². The summed E-state index contributed by atoms with van der Waals surface area (Å²) in [6.07, 6.45) is 4.77. The molecule has 1 aromatic carbocycles. The molecule has 0 atom stereocenters. The van der Waals surface area contributed by atoms with Gasteiger partial charge in [-0.1, -0.05) is 13.8 Å². The molecule has 2 aliphatic heterocycles. The maximum atomic E-state index is 16.1. The molecule has 10 heteroatoms. The van der Waals surface area contributed by atoms with Crippen LogP contribution in [0.25, 0.3) is 32.2 Å². The number of aromatic nitrogens is 3.